The van der Waals surface area contributed by atoms with Crippen molar-refractivity contribution >= 4 is 27.3 Å². The van der Waals surface area contributed by atoms with Crippen molar-refractivity contribution in [3.05, 3.63) is 63.2 Å². The molecule has 2 aromatic carbocycles. The molecule has 32 heavy (non-hydrogen) atoms. The van der Waals surface area contributed by atoms with E-state index in [1.807, 2.05) is 19.1 Å². The van der Waals surface area contributed by atoms with Crippen molar-refractivity contribution in [2.45, 2.75) is 32.1 Å². The molecule has 0 bridgehead atoms. The van der Waals surface area contributed by atoms with Crippen LogP contribution in [0.4, 0.5) is 11.4 Å². The summed E-state index contributed by atoms with van der Waals surface area (Å²) in [7, 11) is -3.55. The van der Waals surface area contributed by atoms with Crippen molar-refractivity contribution in [2.24, 2.45) is 0 Å². The Bertz CT molecular complexity index is 1130. The molecule has 9 nitrogen and oxygen atoms in total. The third kappa shape index (κ3) is 5.50. The third-order valence-corrected chi connectivity index (χ3v) is 7.68. The monoisotopic (exact) mass is 460 g/mol. The summed E-state index contributed by atoms with van der Waals surface area (Å²) < 4.78 is 27.6. The molecule has 0 unspecified atom stereocenters. The van der Waals surface area contributed by atoms with E-state index in [1.54, 1.807) is 19.9 Å². The number of anilines is 1. The molecule has 172 valence electrons. The van der Waals surface area contributed by atoms with Gasteiger partial charge in [-0.05, 0) is 49.6 Å². The molecule has 10 heteroatoms. The number of piperazine rings is 1. The Morgan fingerprint density at radius 2 is 1.72 bits per heavy atom. The number of non-ortho nitro benzene ring substituents is 1. The molecule has 0 spiro atoms. The van der Waals surface area contributed by atoms with Crippen LogP contribution in [0.25, 0.3) is 0 Å². The number of rotatable bonds is 7. The Morgan fingerprint density at radius 3 is 2.34 bits per heavy atom. The van der Waals surface area contributed by atoms with Crippen molar-refractivity contribution in [3.8, 4) is 0 Å². The summed E-state index contributed by atoms with van der Waals surface area (Å²) in [4.78, 5) is 25.1. The molecule has 1 amide bonds. The number of carbonyl (C=O) groups excluding carboxylic acids is 1. The summed E-state index contributed by atoms with van der Waals surface area (Å²) in [5.74, 6) is -0.188. The lowest BCUT2D eigenvalue weighted by Crippen LogP contribution is -2.49. The van der Waals surface area contributed by atoms with Gasteiger partial charge in [0.25, 0.3) is 5.69 Å². The molecule has 1 fully saturated rings. The van der Waals surface area contributed by atoms with E-state index >= 15 is 0 Å². The van der Waals surface area contributed by atoms with Crippen LogP contribution in [0.2, 0.25) is 0 Å². The minimum Gasteiger partial charge on any atom is -0.326 e. The fourth-order valence-corrected chi connectivity index (χ4v) is 5.42. The number of hydrogen-bond acceptors (Lipinski definition) is 6. The highest BCUT2D eigenvalue weighted by molar-refractivity contribution is 7.89. The average Bonchev–Trinajstić information content (AvgIpc) is 2.75. The van der Waals surface area contributed by atoms with Gasteiger partial charge in [0.2, 0.25) is 15.9 Å². The number of sulfonamides is 1. The lowest BCUT2D eigenvalue weighted by molar-refractivity contribution is -0.384. The lowest BCUT2D eigenvalue weighted by atomic mass is 10.1. The summed E-state index contributed by atoms with van der Waals surface area (Å²) in [6.45, 7) is 7.74. The fourth-order valence-electron chi connectivity index (χ4n) is 3.69. The minimum atomic E-state index is -3.55. The van der Waals surface area contributed by atoms with Gasteiger partial charge in [0.1, 0.15) is 0 Å². The molecule has 0 aliphatic carbocycles. The highest BCUT2D eigenvalue weighted by Gasteiger charge is 2.29. The predicted molar refractivity (Wildman–Crippen MR) is 122 cm³/mol. The molecule has 3 rings (SSSR count). The summed E-state index contributed by atoms with van der Waals surface area (Å²) in [5.41, 5.74) is 2.79. The van der Waals surface area contributed by atoms with E-state index in [-0.39, 0.29) is 18.0 Å². The Hall–Kier alpha value is -2.82. The zero-order chi connectivity index (χ0) is 23.5. The number of aryl methyl sites for hydroxylation is 3. The number of nitro benzene ring substituents is 1. The Kier molecular flexibility index (Phi) is 7.27. The van der Waals surface area contributed by atoms with Crippen molar-refractivity contribution in [3.63, 3.8) is 0 Å². The quantitative estimate of drug-likeness (QED) is 0.502. The maximum atomic E-state index is 13.0. The maximum absolute atomic E-state index is 13.0. The highest BCUT2D eigenvalue weighted by atomic mass is 32.2. The zero-order valence-electron chi connectivity index (χ0n) is 18.5. The van der Waals surface area contributed by atoms with E-state index in [9.17, 15) is 23.3 Å². The number of hydrogen-bond donors (Lipinski definition) is 1. The molecule has 0 radical (unpaired) electrons. The molecule has 1 aliphatic heterocycles. The Balaban J connectivity index is 1.51. The summed E-state index contributed by atoms with van der Waals surface area (Å²) >= 11 is 0. The molecule has 1 aliphatic rings. The number of nitrogens with one attached hydrogen (secondary N) is 1. The molecule has 0 atom stereocenters. The second kappa shape index (κ2) is 9.76. The standard InChI is InChI=1S/C22H28N4O5S/c1-16-4-5-17(2)21(14-16)32(30,31)25-12-10-24(11-13-25)9-8-22(27)23-20-7-6-19(26(28)29)15-18(20)3/h4-7,14-15H,8-13H2,1-3H3,(H,23,27). The first-order valence-corrected chi connectivity index (χ1v) is 11.9. The predicted octanol–water partition coefficient (Wildman–Crippen LogP) is 2.86. The second-order valence-electron chi connectivity index (χ2n) is 8.07. The van der Waals surface area contributed by atoms with Crippen molar-refractivity contribution in [2.75, 3.05) is 38.0 Å². The van der Waals surface area contributed by atoms with Crippen LogP contribution in [0.1, 0.15) is 23.1 Å². The van der Waals surface area contributed by atoms with Gasteiger partial charge in [0.15, 0.2) is 0 Å². The minimum absolute atomic E-state index is 0.0193. The van der Waals surface area contributed by atoms with Gasteiger partial charge in [-0.2, -0.15) is 4.31 Å². The molecule has 1 saturated heterocycles. The van der Waals surface area contributed by atoms with Gasteiger partial charge >= 0.3 is 0 Å². The van der Waals surface area contributed by atoms with Crippen LogP contribution in [0, 0.1) is 30.9 Å². The van der Waals surface area contributed by atoms with Gasteiger partial charge in [-0.3, -0.25) is 14.9 Å². The summed E-state index contributed by atoms with van der Waals surface area (Å²) in [6.07, 6.45) is 0.250. The van der Waals surface area contributed by atoms with Crippen LogP contribution in [0.5, 0.6) is 0 Å². The van der Waals surface area contributed by atoms with E-state index in [4.69, 9.17) is 0 Å². The van der Waals surface area contributed by atoms with Gasteiger partial charge in [-0.1, -0.05) is 12.1 Å². The zero-order valence-corrected chi connectivity index (χ0v) is 19.3. The smallest absolute Gasteiger partial charge is 0.269 e. The van der Waals surface area contributed by atoms with E-state index in [2.05, 4.69) is 10.2 Å². The number of nitro groups is 1. The molecular formula is C22H28N4O5S. The molecule has 2 aromatic rings. The largest absolute Gasteiger partial charge is 0.326 e. The first kappa shape index (κ1) is 23.8. The van der Waals surface area contributed by atoms with Crippen molar-refractivity contribution in [1.82, 2.24) is 9.21 Å². The second-order valence-corrected chi connectivity index (χ2v) is 9.98. The number of benzene rings is 2. The van der Waals surface area contributed by atoms with Crippen LogP contribution in [0.15, 0.2) is 41.3 Å². The first-order valence-electron chi connectivity index (χ1n) is 10.4. The molecule has 0 saturated carbocycles. The van der Waals surface area contributed by atoms with Crippen LogP contribution < -0.4 is 5.32 Å². The third-order valence-electron chi connectivity index (χ3n) is 5.64. The van der Waals surface area contributed by atoms with Crippen LogP contribution in [-0.2, 0) is 14.8 Å². The molecular weight excluding hydrogens is 432 g/mol. The van der Waals surface area contributed by atoms with Gasteiger partial charge in [-0.25, -0.2) is 8.42 Å². The van der Waals surface area contributed by atoms with Crippen LogP contribution in [0.3, 0.4) is 0 Å². The average molecular weight is 461 g/mol. The van der Waals surface area contributed by atoms with E-state index < -0.39 is 14.9 Å². The topological polar surface area (TPSA) is 113 Å². The van der Waals surface area contributed by atoms with Crippen LogP contribution >= 0.6 is 0 Å². The van der Waals surface area contributed by atoms with Crippen LogP contribution in [-0.4, -0.2) is 61.2 Å². The normalized spacial score (nSPS) is 15.5. The highest BCUT2D eigenvalue weighted by Crippen LogP contribution is 2.23. The number of nitrogens with zero attached hydrogens (tertiary/aromatic N) is 3. The van der Waals surface area contributed by atoms with Crippen molar-refractivity contribution < 1.29 is 18.1 Å². The SMILES string of the molecule is Cc1ccc(C)c(S(=O)(=O)N2CCN(CCC(=O)Nc3ccc([N+](=O)[O-])cc3C)CC2)c1. The van der Waals surface area contributed by atoms with E-state index in [0.717, 1.165) is 11.1 Å². The summed E-state index contributed by atoms with van der Waals surface area (Å²) in [5, 5.41) is 13.6. The molecule has 1 N–H and O–H groups in total. The summed E-state index contributed by atoms with van der Waals surface area (Å²) in [6, 6.07) is 9.74. The van der Waals surface area contributed by atoms with Gasteiger partial charge < -0.3 is 10.2 Å². The van der Waals surface area contributed by atoms with Gasteiger partial charge in [0.05, 0.1) is 9.82 Å². The van der Waals surface area contributed by atoms with Crippen molar-refractivity contribution in [1.29, 1.82) is 0 Å². The fraction of sp³-hybridized carbons (Fsp3) is 0.409. The molecule has 1 heterocycles. The van der Waals surface area contributed by atoms with Gasteiger partial charge in [-0.15, -0.1) is 0 Å². The Labute approximate surface area is 188 Å². The van der Waals surface area contributed by atoms with Gasteiger partial charge in [0, 0.05) is 57.0 Å². The number of amides is 1. The lowest BCUT2D eigenvalue weighted by Gasteiger charge is -2.34. The van der Waals surface area contributed by atoms with E-state index in [0.29, 0.717) is 48.9 Å². The maximum Gasteiger partial charge on any atom is 0.269 e. The first-order chi connectivity index (χ1) is 15.1. The number of carbonyl (C=O) groups is 1. The molecule has 0 aromatic heterocycles. The van der Waals surface area contributed by atoms with E-state index in [1.165, 1.54) is 22.5 Å². The Morgan fingerprint density at radius 1 is 1.03 bits per heavy atom.